The first-order chi connectivity index (χ1) is 7.65. The molecule has 1 heterocycles. The van der Waals surface area contributed by atoms with Crippen LogP contribution in [0, 0.1) is 17.6 Å². The number of halogens is 2. The van der Waals surface area contributed by atoms with Gasteiger partial charge in [0, 0.05) is 6.07 Å². The van der Waals surface area contributed by atoms with Crippen molar-refractivity contribution in [2.45, 2.75) is 18.9 Å². The largest absolute Gasteiger partial charge is 0.372 e. The summed E-state index contributed by atoms with van der Waals surface area (Å²) in [7, 11) is 0. The maximum atomic E-state index is 13.4. The third-order valence-corrected chi connectivity index (χ3v) is 2.99. The molecule has 1 atom stereocenters. The summed E-state index contributed by atoms with van der Waals surface area (Å²) in [6.07, 6.45) is 1.97. The van der Waals surface area contributed by atoms with Gasteiger partial charge in [0.05, 0.1) is 5.69 Å². The van der Waals surface area contributed by atoms with E-state index in [9.17, 15) is 13.6 Å². The van der Waals surface area contributed by atoms with Crippen LogP contribution in [0.25, 0.3) is 0 Å². The minimum Gasteiger partial charge on any atom is -0.372 e. The van der Waals surface area contributed by atoms with Crippen LogP contribution in [0.15, 0.2) is 12.1 Å². The van der Waals surface area contributed by atoms with E-state index in [-0.39, 0.29) is 17.6 Å². The first kappa shape index (κ1) is 9.57. The number of benzene rings is 1. The van der Waals surface area contributed by atoms with Crippen molar-refractivity contribution in [2.75, 3.05) is 10.6 Å². The van der Waals surface area contributed by atoms with Gasteiger partial charge in [-0.2, -0.15) is 0 Å². The average molecular weight is 224 g/mol. The summed E-state index contributed by atoms with van der Waals surface area (Å²) >= 11 is 0. The molecule has 3 nitrogen and oxygen atoms in total. The van der Waals surface area contributed by atoms with E-state index in [1.54, 1.807) is 0 Å². The van der Waals surface area contributed by atoms with E-state index in [4.69, 9.17) is 0 Å². The van der Waals surface area contributed by atoms with E-state index in [1.807, 2.05) is 0 Å². The molecule has 1 unspecified atom stereocenters. The molecule has 1 aliphatic carbocycles. The molecule has 0 radical (unpaired) electrons. The van der Waals surface area contributed by atoms with E-state index < -0.39 is 11.6 Å². The molecule has 3 rings (SSSR count). The fourth-order valence-corrected chi connectivity index (χ4v) is 2.01. The van der Waals surface area contributed by atoms with Crippen LogP contribution in [-0.4, -0.2) is 11.9 Å². The number of amides is 1. The number of nitrogens with one attached hydrogen (secondary N) is 2. The monoisotopic (exact) mass is 224 g/mol. The zero-order valence-electron chi connectivity index (χ0n) is 8.39. The quantitative estimate of drug-likeness (QED) is 0.767. The molecule has 1 amide bonds. The van der Waals surface area contributed by atoms with Gasteiger partial charge >= 0.3 is 0 Å². The molecule has 84 valence electrons. The van der Waals surface area contributed by atoms with Gasteiger partial charge in [0.25, 0.3) is 0 Å². The molecule has 2 N–H and O–H groups in total. The first-order valence-corrected chi connectivity index (χ1v) is 5.21. The molecule has 1 saturated carbocycles. The van der Waals surface area contributed by atoms with Crippen LogP contribution < -0.4 is 10.6 Å². The normalized spacial score (nSPS) is 23.4. The summed E-state index contributed by atoms with van der Waals surface area (Å²) < 4.78 is 26.4. The topological polar surface area (TPSA) is 41.1 Å². The molecule has 1 fully saturated rings. The molecular formula is C11H10F2N2O. The van der Waals surface area contributed by atoms with Gasteiger partial charge in [0.2, 0.25) is 5.91 Å². The minimum atomic E-state index is -0.745. The lowest BCUT2D eigenvalue weighted by atomic mass is 10.1. The fourth-order valence-electron chi connectivity index (χ4n) is 2.01. The van der Waals surface area contributed by atoms with Crippen molar-refractivity contribution < 1.29 is 13.6 Å². The van der Waals surface area contributed by atoms with Crippen molar-refractivity contribution in [2.24, 2.45) is 5.92 Å². The van der Waals surface area contributed by atoms with Crippen LogP contribution >= 0.6 is 0 Å². The van der Waals surface area contributed by atoms with Crippen molar-refractivity contribution in [1.29, 1.82) is 0 Å². The molecule has 0 saturated heterocycles. The second-order valence-electron chi connectivity index (χ2n) is 4.26. The van der Waals surface area contributed by atoms with Crippen LogP contribution in [0.2, 0.25) is 0 Å². The lowest BCUT2D eigenvalue weighted by molar-refractivity contribution is -0.117. The highest BCUT2D eigenvalue weighted by Gasteiger charge is 2.39. The number of hydrogen-bond donors (Lipinski definition) is 2. The summed E-state index contributed by atoms with van der Waals surface area (Å²) in [5, 5.41) is 5.38. The zero-order chi connectivity index (χ0) is 11.3. The van der Waals surface area contributed by atoms with Gasteiger partial charge in [-0.25, -0.2) is 8.78 Å². The highest BCUT2D eigenvalue weighted by Crippen LogP contribution is 2.39. The molecule has 1 aromatic rings. The molecule has 5 heteroatoms. The van der Waals surface area contributed by atoms with E-state index in [0.29, 0.717) is 11.6 Å². The summed E-state index contributed by atoms with van der Waals surface area (Å²) in [6, 6.07) is 1.61. The Labute approximate surface area is 90.8 Å². The average Bonchev–Trinajstić information content (AvgIpc) is 3.02. The lowest BCUT2D eigenvalue weighted by Crippen LogP contribution is -2.40. The Balaban J connectivity index is 2.00. The molecule has 0 aromatic heterocycles. The number of carbonyl (C=O) groups excluding carboxylic acids is 1. The van der Waals surface area contributed by atoms with Crippen molar-refractivity contribution in [1.82, 2.24) is 0 Å². The molecule has 0 spiro atoms. The molecule has 0 bridgehead atoms. The third-order valence-electron chi connectivity index (χ3n) is 2.99. The first-order valence-electron chi connectivity index (χ1n) is 5.21. The smallest absolute Gasteiger partial charge is 0.247 e. The van der Waals surface area contributed by atoms with Crippen molar-refractivity contribution in [3.63, 3.8) is 0 Å². The molecule has 1 aliphatic heterocycles. The predicted octanol–water partition coefficient (Wildman–Crippen LogP) is 2.11. The van der Waals surface area contributed by atoms with Crippen LogP contribution in [0.4, 0.5) is 20.2 Å². The van der Waals surface area contributed by atoms with Gasteiger partial charge in [-0.1, -0.05) is 0 Å². The highest BCUT2D eigenvalue weighted by molar-refractivity contribution is 6.03. The van der Waals surface area contributed by atoms with Crippen LogP contribution in [0.5, 0.6) is 0 Å². The molecule has 2 aliphatic rings. The van der Waals surface area contributed by atoms with E-state index in [2.05, 4.69) is 10.6 Å². The van der Waals surface area contributed by atoms with Crippen molar-refractivity contribution >= 4 is 17.3 Å². The van der Waals surface area contributed by atoms with Crippen molar-refractivity contribution in [3.8, 4) is 0 Å². The number of fused-ring (bicyclic) bond motifs is 1. The van der Waals surface area contributed by atoms with Gasteiger partial charge in [-0.3, -0.25) is 4.79 Å². The van der Waals surface area contributed by atoms with Gasteiger partial charge in [-0.15, -0.1) is 0 Å². The SMILES string of the molecule is O=C1Nc2c(F)cc(F)cc2NC1C1CC1. The molecule has 16 heavy (non-hydrogen) atoms. The summed E-state index contributed by atoms with van der Waals surface area (Å²) in [5.41, 5.74) is 0.373. The Morgan fingerprint density at radius 3 is 2.69 bits per heavy atom. The minimum absolute atomic E-state index is 0.0447. The second-order valence-corrected chi connectivity index (χ2v) is 4.26. The third kappa shape index (κ3) is 1.43. The Kier molecular flexibility index (Phi) is 1.89. The summed E-state index contributed by atoms with van der Waals surface area (Å²) in [4.78, 5) is 11.6. The Morgan fingerprint density at radius 1 is 1.25 bits per heavy atom. The maximum Gasteiger partial charge on any atom is 0.247 e. The van der Waals surface area contributed by atoms with Crippen molar-refractivity contribution in [3.05, 3.63) is 23.8 Å². The van der Waals surface area contributed by atoms with E-state index >= 15 is 0 Å². The second kappa shape index (κ2) is 3.17. The highest BCUT2D eigenvalue weighted by atomic mass is 19.1. The Morgan fingerprint density at radius 2 is 2.00 bits per heavy atom. The number of rotatable bonds is 1. The fraction of sp³-hybridized carbons (Fsp3) is 0.364. The Hall–Kier alpha value is -1.65. The van der Waals surface area contributed by atoms with E-state index in [1.165, 1.54) is 6.07 Å². The lowest BCUT2D eigenvalue weighted by Gasteiger charge is -2.27. The standard InChI is InChI=1S/C11H10F2N2O/c12-6-3-7(13)10-8(4-6)14-9(5-1-2-5)11(16)15-10/h3-5,9,14H,1-2H2,(H,15,16). The maximum absolute atomic E-state index is 13.4. The predicted molar refractivity (Wildman–Crippen MR) is 55.1 cm³/mol. The van der Waals surface area contributed by atoms with Gasteiger partial charge in [-0.05, 0) is 24.8 Å². The Bertz CT molecular complexity index is 471. The molecular weight excluding hydrogens is 214 g/mol. The van der Waals surface area contributed by atoms with Gasteiger partial charge < -0.3 is 10.6 Å². The van der Waals surface area contributed by atoms with Crippen LogP contribution in [0.1, 0.15) is 12.8 Å². The number of hydrogen-bond acceptors (Lipinski definition) is 2. The molecule has 1 aromatic carbocycles. The van der Waals surface area contributed by atoms with E-state index in [0.717, 1.165) is 18.9 Å². The number of anilines is 2. The van der Waals surface area contributed by atoms with Gasteiger partial charge in [0.1, 0.15) is 17.5 Å². The summed E-state index contributed by atoms with van der Waals surface area (Å²) in [5.74, 6) is -1.33. The van der Waals surface area contributed by atoms with Crippen LogP contribution in [0.3, 0.4) is 0 Å². The number of carbonyl (C=O) groups is 1. The summed E-state index contributed by atoms with van der Waals surface area (Å²) in [6.45, 7) is 0. The van der Waals surface area contributed by atoms with Crippen LogP contribution in [-0.2, 0) is 4.79 Å². The van der Waals surface area contributed by atoms with Gasteiger partial charge in [0.15, 0.2) is 5.82 Å². The zero-order valence-corrected chi connectivity index (χ0v) is 8.39.